The zero-order valence-electron chi connectivity index (χ0n) is 17.0. The lowest BCUT2D eigenvalue weighted by Crippen LogP contribution is -2.31. The molecule has 0 aliphatic heterocycles. The van der Waals surface area contributed by atoms with Crippen LogP contribution in [0.15, 0.2) is 71.6 Å². The molecule has 0 bridgehead atoms. The predicted octanol–water partition coefficient (Wildman–Crippen LogP) is 4.72. The number of nitrogens with zero attached hydrogens (tertiary/aromatic N) is 1. The molecule has 0 N–H and O–H groups in total. The first-order valence-corrected chi connectivity index (χ1v) is 10.7. The average Bonchev–Trinajstić information content (AvgIpc) is 2.71. The molecule has 29 heavy (non-hydrogen) atoms. The molecule has 0 aliphatic carbocycles. The fourth-order valence-electron chi connectivity index (χ4n) is 3.24. The Balaban J connectivity index is 2.15. The number of rotatable bonds is 7. The van der Waals surface area contributed by atoms with Crippen LogP contribution in [0.25, 0.3) is 0 Å². The van der Waals surface area contributed by atoms with Crippen molar-refractivity contribution in [2.75, 3.05) is 18.5 Å². The van der Waals surface area contributed by atoms with Crippen molar-refractivity contribution < 1.29 is 17.9 Å². The summed E-state index contributed by atoms with van der Waals surface area (Å²) in [6.07, 6.45) is 0. The van der Waals surface area contributed by atoms with Crippen molar-refractivity contribution in [3.8, 4) is 11.5 Å². The van der Waals surface area contributed by atoms with E-state index in [0.29, 0.717) is 22.7 Å². The summed E-state index contributed by atoms with van der Waals surface area (Å²) in [6.45, 7) is 3.99. The molecule has 3 rings (SSSR count). The maximum absolute atomic E-state index is 13.7. The Bertz CT molecular complexity index is 1110. The van der Waals surface area contributed by atoms with E-state index in [1.807, 2.05) is 37.3 Å². The van der Waals surface area contributed by atoms with Gasteiger partial charge in [0.25, 0.3) is 10.0 Å². The summed E-state index contributed by atoms with van der Waals surface area (Å²) in [5.41, 5.74) is 3.18. The molecule has 3 aromatic carbocycles. The monoisotopic (exact) mass is 411 g/mol. The summed E-state index contributed by atoms with van der Waals surface area (Å²) in [6, 6.07) is 19.9. The molecule has 0 saturated carbocycles. The number of sulfonamides is 1. The molecule has 3 aromatic rings. The van der Waals surface area contributed by atoms with Crippen LogP contribution in [0.4, 0.5) is 5.69 Å². The van der Waals surface area contributed by atoms with Crippen molar-refractivity contribution in [1.82, 2.24) is 0 Å². The van der Waals surface area contributed by atoms with E-state index in [2.05, 4.69) is 0 Å². The lowest BCUT2D eigenvalue weighted by Gasteiger charge is -2.26. The van der Waals surface area contributed by atoms with Crippen LogP contribution in [0.1, 0.15) is 16.7 Å². The molecule has 0 amide bonds. The van der Waals surface area contributed by atoms with Gasteiger partial charge in [-0.2, -0.15) is 0 Å². The van der Waals surface area contributed by atoms with Crippen LogP contribution in [0.5, 0.6) is 11.5 Å². The Labute approximate surface area is 172 Å². The highest BCUT2D eigenvalue weighted by atomic mass is 32.2. The zero-order chi connectivity index (χ0) is 21.0. The van der Waals surface area contributed by atoms with Crippen LogP contribution in [-0.4, -0.2) is 22.6 Å². The zero-order valence-corrected chi connectivity index (χ0v) is 17.9. The van der Waals surface area contributed by atoms with Crippen molar-refractivity contribution in [3.63, 3.8) is 0 Å². The van der Waals surface area contributed by atoms with Gasteiger partial charge in [-0.25, -0.2) is 8.42 Å². The average molecular weight is 412 g/mol. The highest BCUT2D eigenvalue weighted by Crippen LogP contribution is 2.35. The molecule has 0 radical (unpaired) electrons. The Morgan fingerprint density at radius 1 is 0.828 bits per heavy atom. The van der Waals surface area contributed by atoms with Gasteiger partial charge in [-0.3, -0.25) is 4.31 Å². The quantitative estimate of drug-likeness (QED) is 0.565. The Morgan fingerprint density at radius 3 is 2.21 bits per heavy atom. The van der Waals surface area contributed by atoms with Gasteiger partial charge in [-0.05, 0) is 43.2 Å². The lowest BCUT2D eigenvalue weighted by atomic mass is 10.1. The van der Waals surface area contributed by atoms with Gasteiger partial charge in [-0.15, -0.1) is 0 Å². The molecule has 0 fully saturated rings. The van der Waals surface area contributed by atoms with Crippen LogP contribution >= 0.6 is 0 Å². The second-order valence-corrected chi connectivity index (χ2v) is 8.64. The van der Waals surface area contributed by atoms with Gasteiger partial charge in [0.15, 0.2) is 11.5 Å². The number of anilines is 1. The van der Waals surface area contributed by atoms with Crippen molar-refractivity contribution in [1.29, 1.82) is 0 Å². The van der Waals surface area contributed by atoms with Crippen LogP contribution < -0.4 is 13.8 Å². The second-order valence-electron chi connectivity index (χ2n) is 6.81. The fraction of sp³-hybridized carbons (Fsp3) is 0.217. The Kier molecular flexibility index (Phi) is 6.13. The third kappa shape index (κ3) is 4.38. The minimum atomic E-state index is -3.80. The summed E-state index contributed by atoms with van der Waals surface area (Å²) >= 11 is 0. The minimum absolute atomic E-state index is 0.202. The van der Waals surface area contributed by atoms with Gasteiger partial charge in [0.1, 0.15) is 0 Å². The van der Waals surface area contributed by atoms with Crippen LogP contribution in [0.3, 0.4) is 0 Å². The molecule has 0 saturated heterocycles. The van der Waals surface area contributed by atoms with Gasteiger partial charge in [0.05, 0.1) is 31.3 Å². The van der Waals surface area contributed by atoms with Crippen LogP contribution in [0, 0.1) is 13.8 Å². The standard InChI is InChI=1S/C23H25NO4S/c1-17-8-7-10-19(14-17)16-24(20-12-13-21(27-3)22(15-20)28-4)29(25,26)23-11-6-5-9-18(23)2/h5-15H,16H2,1-4H3. The predicted molar refractivity (Wildman–Crippen MR) is 115 cm³/mol. The van der Waals surface area contributed by atoms with Crippen molar-refractivity contribution >= 4 is 15.7 Å². The molecule has 0 unspecified atom stereocenters. The Morgan fingerprint density at radius 2 is 1.55 bits per heavy atom. The third-order valence-corrected chi connectivity index (χ3v) is 6.66. The number of ether oxygens (including phenoxy) is 2. The number of methoxy groups -OCH3 is 2. The van der Waals surface area contributed by atoms with Crippen molar-refractivity contribution in [2.24, 2.45) is 0 Å². The van der Waals surface area contributed by atoms with Gasteiger partial charge < -0.3 is 9.47 Å². The summed E-state index contributed by atoms with van der Waals surface area (Å²) in [5, 5.41) is 0. The van der Waals surface area contributed by atoms with E-state index in [1.54, 1.807) is 50.4 Å². The van der Waals surface area contributed by atoms with Crippen LogP contribution in [0.2, 0.25) is 0 Å². The first-order chi connectivity index (χ1) is 13.9. The highest BCUT2D eigenvalue weighted by molar-refractivity contribution is 7.92. The smallest absolute Gasteiger partial charge is 0.264 e. The maximum atomic E-state index is 13.7. The normalized spacial score (nSPS) is 11.2. The maximum Gasteiger partial charge on any atom is 0.264 e. The molecular formula is C23H25NO4S. The highest BCUT2D eigenvalue weighted by Gasteiger charge is 2.27. The molecule has 0 heterocycles. The van der Waals surface area contributed by atoms with E-state index in [1.165, 1.54) is 11.4 Å². The first-order valence-electron chi connectivity index (χ1n) is 9.22. The molecule has 0 aromatic heterocycles. The van der Waals surface area contributed by atoms with E-state index in [4.69, 9.17) is 9.47 Å². The van der Waals surface area contributed by atoms with Gasteiger partial charge in [0, 0.05) is 6.07 Å². The Hall–Kier alpha value is -2.99. The lowest BCUT2D eigenvalue weighted by molar-refractivity contribution is 0.355. The fourth-order valence-corrected chi connectivity index (χ4v) is 4.91. The molecule has 0 atom stereocenters. The van der Waals surface area contributed by atoms with Crippen LogP contribution in [-0.2, 0) is 16.6 Å². The minimum Gasteiger partial charge on any atom is -0.493 e. The van der Waals surface area contributed by atoms with E-state index in [0.717, 1.165) is 11.1 Å². The SMILES string of the molecule is COc1ccc(N(Cc2cccc(C)c2)S(=O)(=O)c2ccccc2C)cc1OC. The van der Waals surface area contributed by atoms with Gasteiger partial charge in [0.2, 0.25) is 0 Å². The molecule has 0 spiro atoms. The molecule has 152 valence electrons. The molecule has 5 nitrogen and oxygen atoms in total. The second kappa shape index (κ2) is 8.57. The number of hydrogen-bond acceptors (Lipinski definition) is 4. The topological polar surface area (TPSA) is 55.8 Å². The van der Waals surface area contributed by atoms with Gasteiger partial charge in [-0.1, -0.05) is 48.0 Å². The number of hydrogen-bond donors (Lipinski definition) is 0. The molecule has 0 aliphatic rings. The van der Waals surface area contributed by atoms with E-state index >= 15 is 0 Å². The van der Waals surface area contributed by atoms with E-state index in [9.17, 15) is 8.42 Å². The largest absolute Gasteiger partial charge is 0.493 e. The van der Waals surface area contributed by atoms with Gasteiger partial charge >= 0.3 is 0 Å². The number of aryl methyl sites for hydroxylation is 2. The van der Waals surface area contributed by atoms with Crippen molar-refractivity contribution in [2.45, 2.75) is 25.3 Å². The summed E-state index contributed by atoms with van der Waals surface area (Å²) in [7, 11) is -0.726. The summed E-state index contributed by atoms with van der Waals surface area (Å²) < 4.78 is 39.4. The summed E-state index contributed by atoms with van der Waals surface area (Å²) in [4.78, 5) is 0.280. The van der Waals surface area contributed by atoms with Crippen molar-refractivity contribution in [3.05, 3.63) is 83.4 Å². The van der Waals surface area contributed by atoms with E-state index < -0.39 is 10.0 Å². The summed E-state index contributed by atoms with van der Waals surface area (Å²) in [5.74, 6) is 1.01. The third-order valence-electron chi connectivity index (χ3n) is 4.73. The van der Waals surface area contributed by atoms with E-state index in [-0.39, 0.29) is 11.4 Å². The number of benzene rings is 3. The molecular weight excluding hydrogens is 386 g/mol. The molecule has 6 heteroatoms. The first kappa shape index (κ1) is 20.7.